The molecule has 8 aromatic heterocycles. The average Bonchev–Trinajstić information content (AvgIpc) is 1.58. The third-order valence-corrected chi connectivity index (χ3v) is 28.4. The van der Waals surface area contributed by atoms with E-state index in [9.17, 15) is 5.26 Å². The van der Waals surface area contributed by atoms with E-state index < -0.39 is 6.04 Å². The fraction of sp³-hybridized carbons (Fsp3) is 0. The minimum atomic E-state index is -0.427. The van der Waals surface area contributed by atoms with E-state index in [2.05, 4.69) is 376 Å². The molecule has 0 amide bonds. The molecule has 674 valence electrons. The van der Waals surface area contributed by atoms with Gasteiger partial charge in [-0.1, -0.05) is 346 Å². The van der Waals surface area contributed by atoms with Crippen LogP contribution < -0.4 is 0 Å². The highest BCUT2D eigenvalue weighted by molar-refractivity contribution is 6.19. The minimum Gasteiger partial charge on any atom is -0.456 e. The molecule has 0 saturated carbocycles. The van der Waals surface area contributed by atoms with E-state index in [0.717, 1.165) is 187 Å². The van der Waals surface area contributed by atoms with E-state index in [1.54, 1.807) is 6.07 Å². The quantitative estimate of drug-likeness (QED) is 0.125. The Kier molecular flexibility index (Phi) is 18.5. The summed E-state index contributed by atoms with van der Waals surface area (Å²) in [4.78, 5) is 31.6. The first kappa shape index (κ1) is 78.1. The molecule has 0 spiro atoms. The molecule has 0 saturated heterocycles. The Labute approximate surface area is 838 Å². The summed E-state index contributed by atoms with van der Waals surface area (Å²) in [7, 11) is 0. The van der Waals surface area contributed by atoms with Gasteiger partial charge in [-0.05, 0) is 222 Å². The number of aromatic nitrogens is 10. The topological polar surface area (TPSA) is 134 Å². The molecule has 0 aliphatic rings. The summed E-state index contributed by atoms with van der Waals surface area (Å²) in [5.74, 6) is 4.23. The highest BCUT2D eigenvalue weighted by Gasteiger charge is 2.26. The fourth-order valence-electron chi connectivity index (χ4n) is 21.4. The van der Waals surface area contributed by atoms with E-state index in [-0.39, 0.29) is 29.7 Å². The van der Waals surface area contributed by atoms with Crippen LogP contribution in [0.5, 0.6) is 0 Å². The highest BCUT2D eigenvalue weighted by Crippen LogP contribution is 2.46. The van der Waals surface area contributed by atoms with Gasteiger partial charge in [0.15, 0.2) is 17.5 Å². The summed E-state index contributed by atoms with van der Waals surface area (Å²) < 4.78 is 57.8. The summed E-state index contributed by atoms with van der Waals surface area (Å²) in [5, 5.41) is 30.6. The molecule has 22 aromatic carbocycles. The van der Waals surface area contributed by atoms with Crippen molar-refractivity contribution in [1.82, 2.24) is 48.2 Å². The predicted octanol–water partition coefficient (Wildman–Crippen LogP) is 34.2. The molecule has 8 heterocycles. The lowest BCUT2D eigenvalue weighted by atomic mass is 10.0. The van der Waals surface area contributed by atoms with E-state index in [1.807, 2.05) is 103 Å². The lowest BCUT2D eigenvalue weighted by molar-refractivity contribution is 0.669. The Morgan fingerprint density at radius 1 is 0.200 bits per heavy atom. The van der Waals surface area contributed by atoms with Gasteiger partial charge in [-0.15, -0.1) is 0 Å². The van der Waals surface area contributed by atoms with E-state index >= 15 is 0 Å². The van der Waals surface area contributed by atoms with Crippen molar-refractivity contribution in [3.8, 4) is 108 Å². The van der Waals surface area contributed by atoms with E-state index in [4.69, 9.17) is 41.2 Å². The number of benzene rings is 22. The molecule has 0 radical (unpaired) electrons. The lowest BCUT2D eigenvalue weighted by Gasteiger charge is -2.14. The Balaban J connectivity index is 0.000000109. The van der Waals surface area contributed by atoms with Gasteiger partial charge >= 0.3 is 0 Å². The van der Waals surface area contributed by atoms with Gasteiger partial charge in [0.25, 0.3) is 0 Å². The van der Waals surface area contributed by atoms with Crippen molar-refractivity contribution < 1.29 is 11.3 Å². The standard InChI is InChI=1S/C48H30N4.C43H26N4.C42H25N3O/c1-3-13-31(14-4-1)34-23-26-40-42(28-34)49-47(35-24-25-39-37-19-9-11-21-43(37)51(45(39)30-35)36-17-5-2-6-18-36)50-48(40)52-44-22-12-10-20-38(44)41-27-32-15-7-8-16-33(32)29-46(41)52;44-27-28-14-16-31(17-15-28)35-22-23-39-38(25-35)43(46-42(45-39)32-20-18-30(19-21-32)29-8-2-1-3-9-29)47-40-13-7-6-12-36(40)37-24-33-10-4-5-11-34(33)26-41(37)47;1-2-10-26(11-3-1)41-43-36-23-29(30-18-20-33-32-15-7-9-17-39(32)46-40(33)25-30)19-21-34(36)42(44-41)45-37-16-8-6-14-31(37)35-22-27-12-4-5-13-28(27)24-38(35)45/h1-30H;1-26H;1-25H/i1D,3D,4D,13D,14D;;. The number of hydrogen-bond donors (Lipinski definition) is 0. The monoisotopic (exact) mass is 1850 g/mol. The Hall–Kier alpha value is -19.9. The van der Waals surface area contributed by atoms with Crippen LogP contribution in [0.2, 0.25) is 0 Å². The molecule has 0 atom stereocenters. The van der Waals surface area contributed by atoms with E-state index in [0.29, 0.717) is 39.9 Å². The highest BCUT2D eigenvalue weighted by atomic mass is 16.3. The summed E-state index contributed by atoms with van der Waals surface area (Å²) in [6, 6.07) is 160. The average molecular weight is 1850 g/mol. The van der Waals surface area contributed by atoms with Crippen LogP contribution in [0, 0.1) is 11.3 Å². The molecule has 12 nitrogen and oxygen atoms in total. The zero-order valence-electron chi connectivity index (χ0n) is 82.7. The second-order valence-electron chi connectivity index (χ2n) is 36.7. The number of rotatable bonds is 11. The lowest BCUT2D eigenvalue weighted by Crippen LogP contribution is -2.03. The number of nitrogens with zero attached hydrogens (tertiary/aromatic N) is 11. The maximum absolute atomic E-state index is 9.35. The molecule has 30 aromatic rings. The molecule has 0 aliphatic carbocycles. The number of fused-ring (bicyclic) bond motifs is 21. The van der Waals surface area contributed by atoms with Gasteiger partial charge in [-0.2, -0.15) is 5.26 Å². The van der Waals surface area contributed by atoms with Crippen molar-refractivity contribution in [2.24, 2.45) is 0 Å². The zero-order valence-corrected chi connectivity index (χ0v) is 77.7. The molecular formula is C133H81N11O. The second kappa shape index (κ2) is 34.3. The van der Waals surface area contributed by atoms with Crippen LogP contribution in [0.25, 0.3) is 276 Å². The molecule has 30 rings (SSSR count). The number of furan rings is 1. The summed E-state index contributed by atoms with van der Waals surface area (Å²) in [6.07, 6.45) is 0. The first-order valence-electron chi connectivity index (χ1n) is 50.9. The fourth-order valence-corrected chi connectivity index (χ4v) is 21.4. The zero-order chi connectivity index (χ0) is 100. The maximum atomic E-state index is 9.35. The minimum absolute atomic E-state index is 0.127. The van der Waals surface area contributed by atoms with Crippen molar-refractivity contribution in [2.45, 2.75) is 0 Å². The van der Waals surface area contributed by atoms with Crippen LogP contribution in [-0.2, 0) is 0 Å². The van der Waals surface area contributed by atoms with Gasteiger partial charge in [-0.3, -0.25) is 13.7 Å². The van der Waals surface area contributed by atoms with Crippen molar-refractivity contribution >= 4 is 174 Å². The molecule has 12 heteroatoms. The molecular weight excluding hydrogens is 1770 g/mol. The summed E-state index contributed by atoms with van der Waals surface area (Å²) in [5.41, 5.74) is 24.2. The normalized spacial score (nSPS) is 12.2. The summed E-state index contributed by atoms with van der Waals surface area (Å²) in [6.45, 7) is 0. The van der Waals surface area contributed by atoms with Gasteiger partial charge < -0.3 is 8.98 Å². The van der Waals surface area contributed by atoms with Crippen LogP contribution >= 0.6 is 0 Å². The van der Waals surface area contributed by atoms with Crippen LogP contribution in [0.1, 0.15) is 12.4 Å². The number of para-hydroxylation sites is 6. The Morgan fingerprint density at radius 3 is 1.06 bits per heavy atom. The number of hydrogen-bond acceptors (Lipinski definition) is 8. The van der Waals surface area contributed by atoms with Crippen molar-refractivity contribution in [2.75, 3.05) is 0 Å². The van der Waals surface area contributed by atoms with Gasteiger partial charge in [0.05, 0.1) is 79.2 Å². The largest absolute Gasteiger partial charge is 0.456 e. The van der Waals surface area contributed by atoms with Crippen molar-refractivity contribution in [3.05, 3.63) is 497 Å². The SMILES string of the molecule is N#Cc1ccc(-c2ccc3nc(-c4ccc(-c5ccccc5)cc4)nc(-n4c5ccccc5c5cc6ccccc6cc54)c3c2)cc1.[2H]c1c([2H])c([2H])c(-c2ccc3c(-n4c5ccccc5c5cc6ccccc6cc54)nc(-c4ccc5c6ccccc6n(-c6ccccc6)c5c4)nc3c2)c([2H])c1[2H].c1ccc(-c2nc(-n3c4ccccc4c4cc5ccccc5cc43)c3ccc(-c4ccc5c(c4)oc4ccccc45)cc3n2)cc1. The van der Waals surface area contributed by atoms with Crippen LogP contribution in [0.4, 0.5) is 0 Å². The van der Waals surface area contributed by atoms with Gasteiger partial charge in [0, 0.05) is 92.4 Å². The Bertz CT molecular complexity index is 10900. The Morgan fingerprint density at radius 2 is 0.531 bits per heavy atom. The van der Waals surface area contributed by atoms with Crippen LogP contribution in [0.3, 0.4) is 0 Å². The molecule has 0 N–H and O–H groups in total. The summed E-state index contributed by atoms with van der Waals surface area (Å²) >= 11 is 0. The molecule has 0 aliphatic heterocycles. The van der Waals surface area contributed by atoms with Gasteiger partial charge in [0.2, 0.25) is 0 Å². The third-order valence-electron chi connectivity index (χ3n) is 28.4. The van der Waals surface area contributed by atoms with Crippen molar-refractivity contribution in [1.29, 1.82) is 5.26 Å². The molecule has 0 bridgehead atoms. The van der Waals surface area contributed by atoms with Crippen LogP contribution in [-0.4, -0.2) is 48.2 Å². The molecule has 145 heavy (non-hydrogen) atoms. The van der Waals surface area contributed by atoms with Gasteiger partial charge in [-0.25, -0.2) is 29.9 Å². The van der Waals surface area contributed by atoms with Crippen LogP contribution in [0.15, 0.2) is 496 Å². The smallest absolute Gasteiger partial charge is 0.162 e. The van der Waals surface area contributed by atoms with Gasteiger partial charge in [0.1, 0.15) is 28.6 Å². The molecule has 0 fully saturated rings. The van der Waals surface area contributed by atoms with E-state index in [1.165, 1.54) is 48.7 Å². The first-order valence-corrected chi connectivity index (χ1v) is 48.4. The maximum Gasteiger partial charge on any atom is 0.162 e. The third kappa shape index (κ3) is 14.4. The second-order valence-corrected chi connectivity index (χ2v) is 36.7. The molecule has 0 unspecified atom stereocenters. The number of nitriles is 1. The predicted molar refractivity (Wildman–Crippen MR) is 599 cm³/mol. The van der Waals surface area contributed by atoms with Crippen molar-refractivity contribution in [3.63, 3.8) is 0 Å². The first-order chi connectivity index (χ1) is 73.9.